The molecule has 0 nitrogen and oxygen atoms in total. The molecular formula is C15H11Br. The van der Waals surface area contributed by atoms with E-state index in [4.69, 9.17) is 0 Å². The lowest BCUT2D eigenvalue weighted by Crippen LogP contribution is -1.81. The normalized spacial score (nSPS) is 12.2. The molecule has 2 aromatic carbocycles. The van der Waals surface area contributed by atoms with Gasteiger partial charge in [-0.15, -0.1) is 0 Å². The molecule has 0 spiro atoms. The fourth-order valence-corrected chi connectivity index (χ4v) is 2.82. The Morgan fingerprint density at radius 3 is 1.50 bits per heavy atom. The maximum Gasteiger partial charge on any atom is 0.000445 e. The highest BCUT2D eigenvalue weighted by Crippen LogP contribution is 2.46. The summed E-state index contributed by atoms with van der Waals surface area (Å²) in [5.74, 6) is 0. The predicted octanol–water partition coefficient (Wildman–Crippen LogP) is 4.84. The second-order valence-electron chi connectivity index (χ2n) is 4.00. The highest BCUT2D eigenvalue weighted by molar-refractivity contribution is 9.11. The quantitative estimate of drug-likeness (QED) is 0.548. The number of rotatable bonds is 0. The van der Waals surface area contributed by atoms with E-state index in [-0.39, 0.29) is 0 Å². The van der Waals surface area contributed by atoms with Crippen LogP contribution in [-0.2, 0) is 0 Å². The zero-order chi connectivity index (χ0) is 11.1. The number of hydrogen-bond donors (Lipinski definition) is 0. The topological polar surface area (TPSA) is 0 Å². The average molecular weight is 271 g/mol. The third-order valence-corrected chi connectivity index (χ3v) is 3.42. The van der Waals surface area contributed by atoms with Crippen molar-refractivity contribution in [2.24, 2.45) is 0 Å². The van der Waals surface area contributed by atoms with Gasteiger partial charge in [-0.25, -0.2) is 0 Å². The van der Waals surface area contributed by atoms with Gasteiger partial charge in [-0.3, -0.25) is 0 Å². The van der Waals surface area contributed by atoms with Gasteiger partial charge in [0.2, 0.25) is 0 Å². The Hall–Kier alpha value is -1.34. The molecule has 0 amide bonds. The highest BCUT2D eigenvalue weighted by Gasteiger charge is 2.23. The van der Waals surface area contributed by atoms with Crippen LogP contribution in [0.1, 0.15) is 18.1 Å². The van der Waals surface area contributed by atoms with Crippen LogP contribution in [0.4, 0.5) is 0 Å². The van der Waals surface area contributed by atoms with E-state index in [1.165, 1.54) is 32.3 Å². The Balaban J connectivity index is 2.44. The summed E-state index contributed by atoms with van der Waals surface area (Å²) in [5.41, 5.74) is 6.67. The molecule has 2 aromatic rings. The van der Waals surface area contributed by atoms with Crippen LogP contribution < -0.4 is 0 Å². The third-order valence-electron chi connectivity index (χ3n) is 3.03. The maximum atomic E-state index is 3.62. The van der Waals surface area contributed by atoms with Gasteiger partial charge in [0.05, 0.1) is 0 Å². The lowest BCUT2D eigenvalue weighted by atomic mass is 10.0. The van der Waals surface area contributed by atoms with Crippen molar-refractivity contribution in [1.82, 2.24) is 0 Å². The molecule has 0 bridgehead atoms. The summed E-state index contributed by atoms with van der Waals surface area (Å²) in [6.07, 6.45) is 0. The SMILES string of the molecule is CC(Br)=C1c2ccccc2-c2ccccc21. The standard InChI is InChI=1S/C15H11Br/c1-10(16)15-13-8-4-2-6-11(13)12-7-3-5-9-14(12)15/h2-9H,1H3. The van der Waals surface area contributed by atoms with E-state index in [0.717, 1.165) is 0 Å². The summed E-state index contributed by atoms with van der Waals surface area (Å²) in [7, 11) is 0. The van der Waals surface area contributed by atoms with Crippen LogP contribution in [0, 0.1) is 0 Å². The van der Waals surface area contributed by atoms with Gasteiger partial charge in [-0.05, 0) is 34.8 Å². The monoisotopic (exact) mass is 270 g/mol. The lowest BCUT2D eigenvalue weighted by molar-refractivity contribution is 1.61. The molecular weight excluding hydrogens is 260 g/mol. The van der Waals surface area contributed by atoms with Gasteiger partial charge >= 0.3 is 0 Å². The molecule has 0 saturated carbocycles. The van der Waals surface area contributed by atoms with E-state index in [0.29, 0.717) is 0 Å². The number of fused-ring (bicyclic) bond motifs is 3. The summed E-state index contributed by atoms with van der Waals surface area (Å²) in [6.45, 7) is 2.11. The molecule has 0 unspecified atom stereocenters. The molecule has 1 heteroatoms. The first-order chi connectivity index (χ1) is 7.79. The van der Waals surface area contributed by atoms with Gasteiger partial charge < -0.3 is 0 Å². The molecule has 0 aromatic heterocycles. The number of benzene rings is 2. The molecule has 0 radical (unpaired) electrons. The van der Waals surface area contributed by atoms with Gasteiger partial charge in [0, 0.05) is 4.48 Å². The minimum Gasteiger partial charge on any atom is -0.0616 e. The van der Waals surface area contributed by atoms with Crippen molar-refractivity contribution >= 4 is 21.5 Å². The zero-order valence-electron chi connectivity index (χ0n) is 9.00. The van der Waals surface area contributed by atoms with E-state index < -0.39 is 0 Å². The third kappa shape index (κ3) is 1.28. The fourth-order valence-electron chi connectivity index (χ4n) is 2.39. The van der Waals surface area contributed by atoms with Crippen molar-refractivity contribution in [3.63, 3.8) is 0 Å². The molecule has 0 saturated heterocycles. The van der Waals surface area contributed by atoms with Crippen LogP contribution >= 0.6 is 15.9 Å². The van der Waals surface area contributed by atoms with Crippen molar-refractivity contribution in [2.45, 2.75) is 6.92 Å². The number of allylic oxidation sites excluding steroid dienone is 1. The Bertz CT molecular complexity index is 542. The van der Waals surface area contributed by atoms with Gasteiger partial charge in [-0.1, -0.05) is 64.5 Å². The predicted molar refractivity (Wildman–Crippen MR) is 72.5 cm³/mol. The smallest absolute Gasteiger partial charge is 0.000445 e. The van der Waals surface area contributed by atoms with Gasteiger partial charge in [-0.2, -0.15) is 0 Å². The lowest BCUT2D eigenvalue weighted by Gasteiger charge is -2.03. The van der Waals surface area contributed by atoms with Gasteiger partial charge in [0.25, 0.3) is 0 Å². The molecule has 3 rings (SSSR count). The minimum absolute atomic E-state index is 1.20. The molecule has 0 fully saturated rings. The number of hydrogen-bond acceptors (Lipinski definition) is 0. The summed E-state index contributed by atoms with van der Waals surface area (Å²) in [6, 6.07) is 17.2. The average Bonchev–Trinajstić information content (AvgIpc) is 2.63. The fraction of sp³-hybridized carbons (Fsp3) is 0.0667. The summed E-state index contributed by atoms with van der Waals surface area (Å²) >= 11 is 3.62. The van der Waals surface area contributed by atoms with Crippen LogP contribution in [0.2, 0.25) is 0 Å². The van der Waals surface area contributed by atoms with E-state index >= 15 is 0 Å². The van der Waals surface area contributed by atoms with Crippen LogP contribution in [0.15, 0.2) is 53.0 Å². The molecule has 0 N–H and O–H groups in total. The van der Waals surface area contributed by atoms with Crippen molar-refractivity contribution in [3.05, 3.63) is 64.1 Å². The van der Waals surface area contributed by atoms with Crippen LogP contribution in [-0.4, -0.2) is 0 Å². The molecule has 16 heavy (non-hydrogen) atoms. The molecule has 0 atom stereocenters. The molecule has 78 valence electrons. The Labute approximate surface area is 104 Å². The molecule has 0 heterocycles. The van der Waals surface area contributed by atoms with Crippen LogP contribution in [0.3, 0.4) is 0 Å². The van der Waals surface area contributed by atoms with Crippen LogP contribution in [0.5, 0.6) is 0 Å². The van der Waals surface area contributed by atoms with E-state index in [1.807, 2.05) is 0 Å². The Morgan fingerprint density at radius 2 is 1.12 bits per heavy atom. The maximum absolute atomic E-state index is 3.62. The Kier molecular flexibility index (Phi) is 2.22. The molecule has 0 aliphatic heterocycles. The minimum atomic E-state index is 1.20. The first-order valence-electron chi connectivity index (χ1n) is 5.34. The largest absolute Gasteiger partial charge is 0.0616 e. The van der Waals surface area contributed by atoms with Crippen molar-refractivity contribution in [1.29, 1.82) is 0 Å². The second-order valence-corrected chi connectivity index (χ2v) is 5.19. The Morgan fingerprint density at radius 1 is 0.750 bits per heavy atom. The van der Waals surface area contributed by atoms with Crippen molar-refractivity contribution in [3.8, 4) is 11.1 Å². The first-order valence-corrected chi connectivity index (χ1v) is 6.14. The van der Waals surface area contributed by atoms with Crippen molar-refractivity contribution < 1.29 is 0 Å². The van der Waals surface area contributed by atoms with E-state index in [1.54, 1.807) is 0 Å². The summed E-state index contributed by atoms with van der Waals surface area (Å²) < 4.78 is 1.20. The van der Waals surface area contributed by atoms with Crippen LogP contribution in [0.25, 0.3) is 16.7 Å². The molecule has 1 aliphatic carbocycles. The number of halogens is 1. The van der Waals surface area contributed by atoms with E-state index in [9.17, 15) is 0 Å². The van der Waals surface area contributed by atoms with Crippen molar-refractivity contribution in [2.75, 3.05) is 0 Å². The second kappa shape index (κ2) is 3.60. The zero-order valence-corrected chi connectivity index (χ0v) is 10.6. The molecule has 1 aliphatic rings. The highest BCUT2D eigenvalue weighted by atomic mass is 79.9. The van der Waals surface area contributed by atoms with Gasteiger partial charge in [0.15, 0.2) is 0 Å². The summed E-state index contributed by atoms with van der Waals surface area (Å²) in [5, 5.41) is 0. The van der Waals surface area contributed by atoms with E-state index in [2.05, 4.69) is 71.4 Å². The van der Waals surface area contributed by atoms with Gasteiger partial charge in [0.1, 0.15) is 0 Å². The summed E-state index contributed by atoms with van der Waals surface area (Å²) in [4.78, 5) is 0. The first kappa shape index (κ1) is 9.86.